The number of hydrogen-bond donors (Lipinski definition) is 1. The van der Waals surface area contributed by atoms with Gasteiger partial charge in [-0.1, -0.05) is 36.4 Å². The number of nitro groups is 1. The molecule has 0 fully saturated rings. The number of nitrogens with one attached hydrogen (secondary N) is 1. The highest BCUT2D eigenvalue weighted by Gasteiger charge is 2.12. The summed E-state index contributed by atoms with van der Waals surface area (Å²) in [5.74, 6) is 1.28. The third kappa shape index (κ3) is 5.58. The second kappa shape index (κ2) is 10.3. The second-order valence-corrected chi connectivity index (χ2v) is 8.34. The molecule has 4 aromatic carbocycles. The largest absolute Gasteiger partial charge is 0.493 e. The molecule has 0 aliphatic heterocycles. The molecule has 0 amide bonds. The molecule has 166 valence electrons. The average molecular weight is 553 g/mol. The number of nitro benzene ring substituents is 1. The normalized spacial score (nSPS) is 11.0. The van der Waals surface area contributed by atoms with Crippen molar-refractivity contribution >= 4 is 51.0 Å². The van der Waals surface area contributed by atoms with E-state index >= 15 is 0 Å². The molecule has 4 rings (SSSR count). The predicted octanol–water partition coefficient (Wildman–Crippen LogP) is 6.39. The maximum atomic E-state index is 10.7. The van der Waals surface area contributed by atoms with E-state index in [0.29, 0.717) is 23.8 Å². The Kier molecular flexibility index (Phi) is 7.04. The lowest BCUT2D eigenvalue weighted by molar-refractivity contribution is -0.384. The number of hydrogen-bond acceptors (Lipinski definition) is 6. The summed E-state index contributed by atoms with van der Waals surface area (Å²) in [5, 5.41) is 17.3. The lowest BCUT2D eigenvalue weighted by atomic mass is 10.1. The van der Waals surface area contributed by atoms with Gasteiger partial charge in [-0.25, -0.2) is 0 Å². The fraction of sp³-hybridized carbons (Fsp3) is 0.0800. The van der Waals surface area contributed by atoms with Gasteiger partial charge in [0.25, 0.3) is 5.69 Å². The zero-order valence-corrected chi connectivity index (χ0v) is 19.9. The first-order valence-electron chi connectivity index (χ1n) is 10.0. The molecule has 4 aromatic rings. The Bertz CT molecular complexity index is 1320. The van der Waals surface area contributed by atoms with Crippen LogP contribution in [0, 0.1) is 13.7 Å². The van der Waals surface area contributed by atoms with Gasteiger partial charge < -0.3 is 9.47 Å². The molecule has 0 unspecified atom stereocenters. The number of methoxy groups -OCH3 is 1. The Labute approximate surface area is 204 Å². The first-order chi connectivity index (χ1) is 16.0. The summed E-state index contributed by atoms with van der Waals surface area (Å²) in [5.41, 5.74) is 5.44. The van der Waals surface area contributed by atoms with Gasteiger partial charge in [-0.15, -0.1) is 0 Å². The number of nitrogens with zero attached hydrogens (tertiary/aromatic N) is 2. The first-order valence-corrected chi connectivity index (χ1v) is 11.1. The number of ether oxygens (including phenoxy) is 2. The highest BCUT2D eigenvalue weighted by molar-refractivity contribution is 14.1. The number of benzene rings is 4. The van der Waals surface area contributed by atoms with E-state index < -0.39 is 4.92 Å². The Morgan fingerprint density at radius 2 is 1.79 bits per heavy atom. The van der Waals surface area contributed by atoms with Crippen molar-refractivity contribution in [2.75, 3.05) is 12.5 Å². The third-order valence-corrected chi connectivity index (χ3v) is 5.74. The van der Waals surface area contributed by atoms with Crippen LogP contribution in [0.4, 0.5) is 11.4 Å². The zero-order valence-electron chi connectivity index (χ0n) is 17.7. The monoisotopic (exact) mass is 553 g/mol. The van der Waals surface area contributed by atoms with Crippen molar-refractivity contribution in [2.24, 2.45) is 5.10 Å². The van der Waals surface area contributed by atoms with Gasteiger partial charge in [-0.2, -0.15) is 5.10 Å². The van der Waals surface area contributed by atoms with E-state index in [2.05, 4.69) is 63.4 Å². The summed E-state index contributed by atoms with van der Waals surface area (Å²) in [4.78, 5) is 10.3. The summed E-state index contributed by atoms with van der Waals surface area (Å²) >= 11 is 2.21. The van der Waals surface area contributed by atoms with Gasteiger partial charge in [0.05, 0.1) is 27.5 Å². The first kappa shape index (κ1) is 22.5. The maximum Gasteiger partial charge on any atom is 0.269 e. The quantitative estimate of drug-likeness (QED) is 0.118. The molecule has 33 heavy (non-hydrogen) atoms. The molecular formula is C25H20IN3O4. The van der Waals surface area contributed by atoms with Crippen LogP contribution in [0.25, 0.3) is 10.8 Å². The molecule has 0 radical (unpaired) electrons. The molecule has 0 bridgehead atoms. The number of fused-ring (bicyclic) bond motifs is 1. The van der Waals surface area contributed by atoms with E-state index in [1.165, 1.54) is 22.9 Å². The lowest BCUT2D eigenvalue weighted by Gasteiger charge is -2.14. The van der Waals surface area contributed by atoms with Crippen molar-refractivity contribution in [2.45, 2.75) is 6.61 Å². The van der Waals surface area contributed by atoms with Crippen molar-refractivity contribution < 1.29 is 14.4 Å². The van der Waals surface area contributed by atoms with Crippen LogP contribution in [0.5, 0.6) is 11.5 Å². The molecule has 0 saturated carbocycles. The van der Waals surface area contributed by atoms with Gasteiger partial charge in [0.15, 0.2) is 11.5 Å². The van der Waals surface area contributed by atoms with Gasteiger partial charge in [-0.05, 0) is 74.8 Å². The molecule has 8 heteroatoms. The van der Waals surface area contributed by atoms with Crippen molar-refractivity contribution in [3.8, 4) is 11.5 Å². The smallest absolute Gasteiger partial charge is 0.269 e. The van der Waals surface area contributed by atoms with E-state index in [4.69, 9.17) is 9.47 Å². The van der Waals surface area contributed by atoms with E-state index in [0.717, 1.165) is 14.7 Å². The van der Waals surface area contributed by atoms with Gasteiger partial charge in [0.1, 0.15) is 6.61 Å². The van der Waals surface area contributed by atoms with E-state index in [9.17, 15) is 10.1 Å². The predicted molar refractivity (Wildman–Crippen MR) is 138 cm³/mol. The molecule has 0 atom stereocenters. The van der Waals surface area contributed by atoms with Crippen LogP contribution in [-0.4, -0.2) is 18.2 Å². The standard InChI is InChI=1S/C25H20IN3O4/c1-32-24-14-18(15-27-28-21-8-10-22(11-9-21)29(30)31)13-23(26)25(24)33-16-17-6-7-19-4-2-3-5-20(19)12-17/h2-15,28H,16H2,1H3/b27-15+. The molecule has 0 aliphatic carbocycles. The Hall–Kier alpha value is -3.66. The molecule has 0 aliphatic rings. The highest BCUT2D eigenvalue weighted by Crippen LogP contribution is 2.34. The van der Waals surface area contributed by atoms with E-state index in [-0.39, 0.29) is 5.69 Å². The summed E-state index contributed by atoms with van der Waals surface area (Å²) in [7, 11) is 1.60. The van der Waals surface area contributed by atoms with Crippen molar-refractivity contribution in [3.05, 3.63) is 104 Å². The number of halogens is 1. The van der Waals surface area contributed by atoms with Crippen LogP contribution in [0.2, 0.25) is 0 Å². The van der Waals surface area contributed by atoms with Crippen molar-refractivity contribution in [1.82, 2.24) is 0 Å². The highest BCUT2D eigenvalue weighted by atomic mass is 127. The minimum atomic E-state index is -0.440. The van der Waals surface area contributed by atoms with Gasteiger partial charge >= 0.3 is 0 Å². The van der Waals surface area contributed by atoms with Crippen molar-refractivity contribution in [3.63, 3.8) is 0 Å². The molecule has 0 saturated heterocycles. The molecule has 7 nitrogen and oxygen atoms in total. The van der Waals surface area contributed by atoms with Gasteiger partial charge in [0.2, 0.25) is 0 Å². The average Bonchev–Trinajstić information content (AvgIpc) is 2.83. The minimum absolute atomic E-state index is 0.0306. The van der Waals surface area contributed by atoms with E-state index in [1.807, 2.05) is 24.3 Å². The zero-order chi connectivity index (χ0) is 23.2. The van der Waals surface area contributed by atoms with Gasteiger partial charge in [-0.3, -0.25) is 15.5 Å². The van der Waals surface area contributed by atoms with Crippen molar-refractivity contribution in [1.29, 1.82) is 0 Å². The Balaban J connectivity index is 1.45. The minimum Gasteiger partial charge on any atom is -0.493 e. The molecule has 1 N–H and O–H groups in total. The summed E-state index contributed by atoms with van der Waals surface area (Å²) in [6, 6.07) is 24.3. The van der Waals surface area contributed by atoms with Crippen LogP contribution in [0.1, 0.15) is 11.1 Å². The number of rotatable bonds is 8. The molecule has 0 spiro atoms. The molecular weight excluding hydrogens is 533 g/mol. The Morgan fingerprint density at radius 3 is 2.52 bits per heavy atom. The number of hydrazone groups is 1. The molecule has 0 aromatic heterocycles. The summed E-state index contributed by atoms with van der Waals surface area (Å²) in [6.07, 6.45) is 1.65. The van der Waals surface area contributed by atoms with Gasteiger partial charge in [0, 0.05) is 12.1 Å². The van der Waals surface area contributed by atoms with Crippen LogP contribution >= 0.6 is 22.6 Å². The fourth-order valence-corrected chi connectivity index (χ4v) is 4.06. The molecule has 0 heterocycles. The summed E-state index contributed by atoms with van der Waals surface area (Å²) in [6.45, 7) is 0.423. The topological polar surface area (TPSA) is 86.0 Å². The maximum absolute atomic E-state index is 10.7. The Morgan fingerprint density at radius 1 is 1.03 bits per heavy atom. The summed E-state index contributed by atoms with van der Waals surface area (Å²) < 4.78 is 12.5. The number of non-ortho nitro benzene ring substituents is 1. The fourth-order valence-electron chi connectivity index (χ4n) is 3.28. The lowest BCUT2D eigenvalue weighted by Crippen LogP contribution is -2.01. The van der Waals surface area contributed by atoms with Crippen LogP contribution < -0.4 is 14.9 Å². The van der Waals surface area contributed by atoms with Crippen LogP contribution in [-0.2, 0) is 6.61 Å². The number of anilines is 1. The van der Waals surface area contributed by atoms with Crippen LogP contribution in [0.15, 0.2) is 84.0 Å². The van der Waals surface area contributed by atoms with Crippen LogP contribution in [0.3, 0.4) is 0 Å². The van der Waals surface area contributed by atoms with E-state index in [1.54, 1.807) is 25.5 Å². The third-order valence-electron chi connectivity index (χ3n) is 4.93. The SMILES string of the molecule is COc1cc(/C=N/Nc2ccc([N+](=O)[O-])cc2)cc(I)c1OCc1ccc2ccccc2c1. The second-order valence-electron chi connectivity index (χ2n) is 7.18.